The zero-order valence-electron chi connectivity index (χ0n) is 22.4. The number of nitrogens with one attached hydrogen (secondary N) is 3. The quantitative estimate of drug-likeness (QED) is 0.490. The van der Waals surface area contributed by atoms with Crippen LogP contribution in [0.15, 0.2) is 30.9 Å². The highest BCUT2D eigenvalue weighted by atomic mass is 16.5. The smallest absolute Gasteiger partial charge is 0.254 e. The largest absolute Gasteiger partial charge is 0.494 e. The summed E-state index contributed by atoms with van der Waals surface area (Å²) in [5.74, 6) is -0.0145. The van der Waals surface area contributed by atoms with Crippen molar-refractivity contribution in [3.63, 3.8) is 0 Å². The molecule has 180 valence electrons. The second-order valence-electron chi connectivity index (χ2n) is 8.43. The van der Waals surface area contributed by atoms with Crippen molar-refractivity contribution in [2.45, 2.75) is 25.8 Å². The standard InChI is InChI=1S/C24H26N8O3/c1-12-19-20(27-8-7-26-19)18-16(35-4)11-29-22(21(18)32(12)3)30-15-9-17(31-23(33)13-5-6-13)28-10-14(15)24(34)25-2/h7-13H,5-6H2,1-4H3,(H,25,34)(H2,28,29,30,31,33)/t12-/m0/s1/i2D3. The minimum atomic E-state index is -2.71. The third-order valence-corrected chi connectivity index (χ3v) is 6.25. The van der Waals surface area contributed by atoms with Gasteiger partial charge < -0.3 is 25.6 Å². The van der Waals surface area contributed by atoms with Crippen LogP contribution in [0.3, 0.4) is 0 Å². The van der Waals surface area contributed by atoms with Gasteiger partial charge >= 0.3 is 0 Å². The van der Waals surface area contributed by atoms with Crippen LogP contribution in [0.4, 0.5) is 23.0 Å². The molecule has 0 unspecified atom stereocenters. The minimum Gasteiger partial charge on any atom is -0.494 e. The van der Waals surface area contributed by atoms with E-state index in [-0.39, 0.29) is 34.9 Å². The van der Waals surface area contributed by atoms with Gasteiger partial charge in [0, 0.05) is 48.7 Å². The van der Waals surface area contributed by atoms with Crippen LogP contribution in [0.5, 0.6) is 5.75 Å². The van der Waals surface area contributed by atoms with E-state index in [1.54, 1.807) is 12.4 Å². The van der Waals surface area contributed by atoms with Crippen LogP contribution in [0.25, 0.3) is 11.3 Å². The Labute approximate surface area is 206 Å². The maximum Gasteiger partial charge on any atom is 0.254 e. The van der Waals surface area contributed by atoms with Crippen molar-refractivity contribution in [2.24, 2.45) is 5.92 Å². The van der Waals surface area contributed by atoms with Crippen molar-refractivity contribution >= 4 is 34.8 Å². The van der Waals surface area contributed by atoms with Crippen LogP contribution in [0, 0.1) is 5.92 Å². The third kappa shape index (κ3) is 3.98. The normalized spacial score (nSPS) is 17.7. The van der Waals surface area contributed by atoms with E-state index in [9.17, 15) is 9.59 Å². The SMILES string of the molecule is [2H]C([2H])([2H])NC(=O)c1cnc(NC(=O)C2CC2)cc1Nc1ncc(OC)c2c1N(C)[C@@H](C)c1nccnc1-2. The second kappa shape index (κ2) is 8.82. The lowest BCUT2D eigenvalue weighted by Crippen LogP contribution is -2.29. The van der Waals surface area contributed by atoms with E-state index >= 15 is 0 Å². The van der Waals surface area contributed by atoms with E-state index in [0.717, 1.165) is 18.5 Å². The molecule has 0 spiro atoms. The molecule has 0 radical (unpaired) electrons. The fraction of sp³-hybridized carbons (Fsp3) is 0.333. The highest BCUT2D eigenvalue weighted by Gasteiger charge is 2.34. The van der Waals surface area contributed by atoms with E-state index in [1.165, 1.54) is 25.6 Å². The van der Waals surface area contributed by atoms with E-state index in [0.29, 0.717) is 28.5 Å². The van der Waals surface area contributed by atoms with Gasteiger partial charge in [-0.05, 0) is 19.8 Å². The second-order valence-corrected chi connectivity index (χ2v) is 8.43. The fourth-order valence-electron chi connectivity index (χ4n) is 4.10. The van der Waals surface area contributed by atoms with Crippen LogP contribution in [-0.2, 0) is 4.79 Å². The van der Waals surface area contributed by atoms with Gasteiger partial charge in [-0.15, -0.1) is 0 Å². The number of hydrogen-bond acceptors (Lipinski definition) is 9. The predicted octanol–water partition coefficient (Wildman–Crippen LogP) is 2.90. The first-order chi connectivity index (χ1) is 18.1. The summed E-state index contributed by atoms with van der Waals surface area (Å²) >= 11 is 0. The highest BCUT2D eigenvalue weighted by molar-refractivity contribution is 6.02. The van der Waals surface area contributed by atoms with Gasteiger partial charge in [0.25, 0.3) is 5.91 Å². The average molecular weight is 478 g/mol. The Hall–Kier alpha value is -4.28. The van der Waals surface area contributed by atoms with E-state index in [2.05, 4.69) is 30.6 Å². The lowest BCUT2D eigenvalue weighted by Gasteiger charge is -2.35. The molecular weight excluding hydrogens is 448 g/mol. The van der Waals surface area contributed by atoms with Crippen LogP contribution < -0.4 is 25.6 Å². The Morgan fingerprint density at radius 3 is 2.71 bits per heavy atom. The zero-order valence-corrected chi connectivity index (χ0v) is 19.4. The molecule has 3 aromatic rings. The summed E-state index contributed by atoms with van der Waals surface area (Å²) in [6.07, 6.45) is 7.60. The van der Waals surface area contributed by atoms with Gasteiger partial charge in [-0.2, -0.15) is 0 Å². The van der Waals surface area contributed by atoms with Gasteiger partial charge in [-0.3, -0.25) is 19.6 Å². The number of nitrogens with zero attached hydrogens (tertiary/aromatic N) is 5. The number of carbonyl (C=O) groups is 2. The highest BCUT2D eigenvalue weighted by Crippen LogP contribution is 2.49. The van der Waals surface area contributed by atoms with Crippen molar-refractivity contribution in [3.8, 4) is 17.0 Å². The van der Waals surface area contributed by atoms with Crippen molar-refractivity contribution in [1.29, 1.82) is 0 Å². The number of ether oxygens (including phenoxy) is 1. The molecule has 1 aliphatic heterocycles. The number of anilines is 4. The topological polar surface area (TPSA) is 134 Å². The summed E-state index contributed by atoms with van der Waals surface area (Å²) in [5.41, 5.74) is 2.89. The molecule has 1 fully saturated rings. The number of amides is 2. The Balaban J connectivity index is 1.61. The van der Waals surface area contributed by atoms with E-state index in [1.807, 2.05) is 24.2 Å². The number of aromatic nitrogens is 4. The molecule has 2 amide bonds. The number of methoxy groups -OCH3 is 1. The van der Waals surface area contributed by atoms with Crippen molar-refractivity contribution in [2.75, 3.05) is 36.7 Å². The maximum atomic E-state index is 12.9. The average Bonchev–Trinajstić information content (AvgIpc) is 3.72. The third-order valence-electron chi connectivity index (χ3n) is 6.25. The van der Waals surface area contributed by atoms with Crippen molar-refractivity contribution in [1.82, 2.24) is 25.3 Å². The molecule has 2 aliphatic rings. The van der Waals surface area contributed by atoms with E-state index < -0.39 is 12.9 Å². The summed E-state index contributed by atoms with van der Waals surface area (Å²) in [4.78, 5) is 45.0. The first-order valence-corrected chi connectivity index (χ1v) is 11.1. The van der Waals surface area contributed by atoms with Gasteiger partial charge in [0.2, 0.25) is 5.91 Å². The van der Waals surface area contributed by atoms with Crippen molar-refractivity contribution in [3.05, 3.63) is 42.1 Å². The predicted molar refractivity (Wildman–Crippen MR) is 131 cm³/mol. The van der Waals surface area contributed by atoms with Crippen molar-refractivity contribution < 1.29 is 18.4 Å². The summed E-state index contributed by atoms with van der Waals surface area (Å²) in [6, 6.07) is 1.32. The first kappa shape index (κ1) is 19.1. The number of fused-ring (bicyclic) bond motifs is 3. The van der Waals surface area contributed by atoms with Gasteiger partial charge in [0.1, 0.15) is 11.6 Å². The van der Waals surface area contributed by atoms with Crippen LogP contribution >= 0.6 is 0 Å². The number of rotatable bonds is 6. The van der Waals surface area contributed by atoms with Crippen LogP contribution in [-0.4, -0.2) is 52.9 Å². The monoisotopic (exact) mass is 477 g/mol. The minimum absolute atomic E-state index is 0.0383. The molecule has 35 heavy (non-hydrogen) atoms. The summed E-state index contributed by atoms with van der Waals surface area (Å²) in [6.45, 7) is -0.727. The molecule has 0 bridgehead atoms. The maximum absolute atomic E-state index is 12.9. The van der Waals surface area contributed by atoms with Gasteiger partial charge in [0.05, 0.1) is 53.2 Å². The zero-order chi connectivity index (χ0) is 27.2. The van der Waals surface area contributed by atoms with Gasteiger partial charge in [-0.1, -0.05) is 0 Å². The molecule has 11 nitrogen and oxygen atoms in total. The fourth-order valence-corrected chi connectivity index (χ4v) is 4.10. The molecule has 11 heteroatoms. The molecule has 1 saturated carbocycles. The molecule has 0 saturated heterocycles. The number of carbonyl (C=O) groups excluding carboxylic acids is 2. The molecule has 0 aromatic carbocycles. The lowest BCUT2D eigenvalue weighted by molar-refractivity contribution is -0.117. The first-order valence-electron chi connectivity index (χ1n) is 12.6. The van der Waals surface area contributed by atoms with Crippen LogP contribution in [0.2, 0.25) is 0 Å². The van der Waals surface area contributed by atoms with E-state index in [4.69, 9.17) is 8.85 Å². The number of pyridine rings is 2. The Morgan fingerprint density at radius 2 is 1.97 bits per heavy atom. The Bertz CT molecular complexity index is 1430. The van der Waals surface area contributed by atoms with Crippen LogP contribution in [0.1, 0.15) is 46.0 Å². The summed E-state index contributed by atoms with van der Waals surface area (Å²) in [5, 5.41) is 7.90. The van der Waals surface area contributed by atoms with Gasteiger partial charge in [-0.25, -0.2) is 9.97 Å². The molecule has 3 N–H and O–H groups in total. The molecule has 1 atom stereocenters. The summed E-state index contributed by atoms with van der Waals surface area (Å²) < 4.78 is 27.9. The lowest BCUT2D eigenvalue weighted by atomic mass is 9.97. The Kier molecular flexibility index (Phi) is 4.81. The molecule has 5 rings (SSSR count). The molecule has 4 heterocycles. The molecular formula is C24H26N8O3. The number of hydrogen-bond donors (Lipinski definition) is 3. The molecule has 1 aliphatic carbocycles. The Morgan fingerprint density at radius 1 is 1.17 bits per heavy atom. The molecule has 3 aromatic heterocycles. The summed E-state index contributed by atoms with van der Waals surface area (Å²) in [7, 11) is 3.41. The van der Waals surface area contributed by atoms with Gasteiger partial charge in [0.15, 0.2) is 5.82 Å².